The summed E-state index contributed by atoms with van der Waals surface area (Å²) in [4.78, 5) is 16.1. The fourth-order valence-corrected chi connectivity index (χ4v) is 2.27. The molecule has 0 atom stereocenters. The first-order valence-corrected chi connectivity index (χ1v) is 6.16. The topological polar surface area (TPSA) is 49.6 Å². The molecule has 2 aliphatic heterocycles. The molecule has 0 saturated carbocycles. The summed E-state index contributed by atoms with van der Waals surface area (Å²) in [5.41, 5.74) is 5.84. The predicted molar refractivity (Wildman–Crippen MR) is 64.0 cm³/mol. The molecular weight excluding hydrogens is 202 g/mol. The lowest BCUT2D eigenvalue weighted by Gasteiger charge is -2.32. The van der Waals surface area contributed by atoms with Crippen LogP contribution in [0, 0.1) is 0 Å². The number of carbonyl (C=O) groups excluding carboxylic acids is 1. The van der Waals surface area contributed by atoms with Gasteiger partial charge in [0, 0.05) is 32.2 Å². The molecule has 2 heterocycles. The van der Waals surface area contributed by atoms with Crippen molar-refractivity contribution in [2.45, 2.75) is 25.3 Å². The van der Waals surface area contributed by atoms with E-state index in [2.05, 4.69) is 17.1 Å². The van der Waals surface area contributed by atoms with Crippen molar-refractivity contribution < 1.29 is 4.79 Å². The molecule has 1 amide bonds. The molecule has 1 fully saturated rings. The first kappa shape index (κ1) is 11.6. The Labute approximate surface area is 97.1 Å². The van der Waals surface area contributed by atoms with Gasteiger partial charge in [0.25, 0.3) is 0 Å². The maximum Gasteiger partial charge on any atom is 0.237 e. The van der Waals surface area contributed by atoms with Crippen LogP contribution in [0.2, 0.25) is 0 Å². The summed E-state index contributed by atoms with van der Waals surface area (Å²) in [6.45, 7) is 4.17. The SMILES string of the molecule is NC1CCN(CC(=O)N2CC=CCC2)CC1. The molecule has 16 heavy (non-hydrogen) atoms. The number of rotatable bonds is 2. The molecule has 0 bridgehead atoms. The summed E-state index contributed by atoms with van der Waals surface area (Å²) in [5, 5.41) is 0. The summed E-state index contributed by atoms with van der Waals surface area (Å²) in [6, 6.07) is 0.337. The highest BCUT2D eigenvalue weighted by Gasteiger charge is 2.21. The zero-order valence-electron chi connectivity index (χ0n) is 9.77. The molecule has 2 aliphatic rings. The highest BCUT2D eigenvalue weighted by atomic mass is 16.2. The van der Waals surface area contributed by atoms with E-state index in [0.29, 0.717) is 12.6 Å². The largest absolute Gasteiger partial charge is 0.338 e. The molecule has 4 nitrogen and oxygen atoms in total. The number of piperidine rings is 1. The number of nitrogens with zero attached hydrogens (tertiary/aromatic N) is 2. The highest BCUT2D eigenvalue weighted by Crippen LogP contribution is 2.09. The van der Waals surface area contributed by atoms with Gasteiger partial charge in [-0.1, -0.05) is 12.2 Å². The van der Waals surface area contributed by atoms with Crippen LogP contribution in [0.25, 0.3) is 0 Å². The van der Waals surface area contributed by atoms with Gasteiger partial charge in [0.05, 0.1) is 6.54 Å². The van der Waals surface area contributed by atoms with Crippen LogP contribution in [0.3, 0.4) is 0 Å². The minimum absolute atomic E-state index is 0.264. The van der Waals surface area contributed by atoms with Crippen LogP contribution < -0.4 is 5.73 Å². The Hall–Kier alpha value is -0.870. The molecule has 0 aromatic carbocycles. The van der Waals surface area contributed by atoms with Crippen molar-refractivity contribution in [1.29, 1.82) is 0 Å². The number of hydrogen-bond acceptors (Lipinski definition) is 3. The second kappa shape index (κ2) is 5.46. The van der Waals surface area contributed by atoms with Crippen molar-refractivity contribution in [2.75, 3.05) is 32.7 Å². The minimum atomic E-state index is 0.264. The normalized spacial score (nSPS) is 23.7. The Kier molecular flexibility index (Phi) is 3.96. The Morgan fingerprint density at radius 1 is 1.25 bits per heavy atom. The molecule has 0 unspecified atom stereocenters. The fourth-order valence-electron chi connectivity index (χ4n) is 2.27. The first-order valence-electron chi connectivity index (χ1n) is 6.16. The van der Waals surface area contributed by atoms with Gasteiger partial charge in [0.15, 0.2) is 0 Å². The molecule has 0 aromatic rings. The summed E-state index contributed by atoms with van der Waals surface area (Å²) in [5.74, 6) is 0.264. The van der Waals surface area contributed by atoms with E-state index < -0.39 is 0 Å². The quantitative estimate of drug-likeness (QED) is 0.680. The van der Waals surface area contributed by atoms with E-state index in [9.17, 15) is 4.79 Å². The number of hydrogen-bond donors (Lipinski definition) is 1. The molecule has 0 aliphatic carbocycles. The van der Waals surface area contributed by atoms with Gasteiger partial charge >= 0.3 is 0 Å². The second-order valence-electron chi connectivity index (χ2n) is 4.71. The zero-order valence-corrected chi connectivity index (χ0v) is 9.77. The number of amides is 1. The monoisotopic (exact) mass is 223 g/mol. The van der Waals surface area contributed by atoms with Gasteiger partial charge in [0.2, 0.25) is 5.91 Å². The maximum absolute atomic E-state index is 12.0. The van der Waals surface area contributed by atoms with Gasteiger partial charge in [-0.25, -0.2) is 0 Å². The van der Waals surface area contributed by atoms with E-state index in [1.165, 1.54) is 0 Å². The average molecular weight is 223 g/mol. The maximum atomic E-state index is 12.0. The average Bonchev–Trinajstić information content (AvgIpc) is 2.33. The summed E-state index contributed by atoms with van der Waals surface area (Å²) in [7, 11) is 0. The second-order valence-corrected chi connectivity index (χ2v) is 4.71. The van der Waals surface area contributed by atoms with Crippen molar-refractivity contribution in [1.82, 2.24) is 9.80 Å². The Morgan fingerprint density at radius 2 is 2.00 bits per heavy atom. The lowest BCUT2D eigenvalue weighted by molar-refractivity contribution is -0.132. The summed E-state index contributed by atoms with van der Waals surface area (Å²) in [6.07, 6.45) is 7.26. The van der Waals surface area contributed by atoms with Crippen LogP contribution in [0.15, 0.2) is 12.2 Å². The van der Waals surface area contributed by atoms with Crippen LogP contribution in [0.5, 0.6) is 0 Å². The molecule has 0 spiro atoms. The van der Waals surface area contributed by atoms with Crippen LogP contribution in [-0.2, 0) is 4.79 Å². The molecular formula is C12H21N3O. The van der Waals surface area contributed by atoms with Gasteiger partial charge < -0.3 is 10.6 Å². The summed E-state index contributed by atoms with van der Waals surface area (Å²) < 4.78 is 0. The lowest BCUT2D eigenvalue weighted by Crippen LogP contribution is -2.46. The van der Waals surface area contributed by atoms with E-state index >= 15 is 0 Å². The molecule has 1 saturated heterocycles. The first-order chi connectivity index (χ1) is 7.75. The molecule has 2 rings (SSSR count). The van der Waals surface area contributed by atoms with Gasteiger partial charge in [-0.15, -0.1) is 0 Å². The Balaban J connectivity index is 1.76. The van der Waals surface area contributed by atoms with Crippen LogP contribution >= 0.6 is 0 Å². The van der Waals surface area contributed by atoms with E-state index in [0.717, 1.165) is 45.4 Å². The molecule has 4 heteroatoms. The number of carbonyl (C=O) groups is 1. The van der Waals surface area contributed by atoms with Gasteiger partial charge in [-0.3, -0.25) is 9.69 Å². The van der Waals surface area contributed by atoms with E-state index in [1.807, 2.05) is 4.90 Å². The third-order valence-electron chi connectivity index (χ3n) is 3.40. The summed E-state index contributed by atoms with van der Waals surface area (Å²) >= 11 is 0. The Morgan fingerprint density at radius 3 is 2.62 bits per heavy atom. The predicted octanol–water partition coefficient (Wildman–Crippen LogP) is 0.198. The molecule has 0 aromatic heterocycles. The van der Waals surface area contributed by atoms with Crippen LogP contribution in [0.4, 0.5) is 0 Å². The fraction of sp³-hybridized carbons (Fsp3) is 0.750. The van der Waals surface area contributed by atoms with Gasteiger partial charge in [0.1, 0.15) is 0 Å². The number of likely N-dealkylation sites (tertiary alicyclic amines) is 1. The third kappa shape index (κ3) is 3.06. The van der Waals surface area contributed by atoms with Crippen LogP contribution in [0.1, 0.15) is 19.3 Å². The standard InChI is InChI=1S/C12H21N3O/c13-11-4-8-14(9-5-11)10-12(16)15-6-2-1-3-7-15/h1-2,11H,3-10,13H2. The van der Waals surface area contributed by atoms with Crippen molar-refractivity contribution >= 4 is 5.91 Å². The lowest BCUT2D eigenvalue weighted by atomic mass is 10.1. The van der Waals surface area contributed by atoms with Gasteiger partial charge in [-0.05, 0) is 19.3 Å². The van der Waals surface area contributed by atoms with Gasteiger partial charge in [-0.2, -0.15) is 0 Å². The van der Waals surface area contributed by atoms with Crippen LogP contribution in [-0.4, -0.2) is 54.5 Å². The highest BCUT2D eigenvalue weighted by molar-refractivity contribution is 5.78. The molecule has 0 radical (unpaired) electrons. The van der Waals surface area contributed by atoms with E-state index in [-0.39, 0.29) is 5.91 Å². The smallest absolute Gasteiger partial charge is 0.237 e. The molecule has 2 N–H and O–H groups in total. The van der Waals surface area contributed by atoms with E-state index in [4.69, 9.17) is 5.73 Å². The minimum Gasteiger partial charge on any atom is -0.338 e. The Bertz CT molecular complexity index is 269. The molecule has 90 valence electrons. The van der Waals surface area contributed by atoms with Crippen molar-refractivity contribution in [3.8, 4) is 0 Å². The number of nitrogens with two attached hydrogens (primary N) is 1. The van der Waals surface area contributed by atoms with E-state index in [1.54, 1.807) is 0 Å². The van der Waals surface area contributed by atoms with Crippen molar-refractivity contribution in [3.63, 3.8) is 0 Å². The zero-order chi connectivity index (χ0) is 11.4. The van der Waals surface area contributed by atoms with Crippen molar-refractivity contribution in [2.24, 2.45) is 5.73 Å². The van der Waals surface area contributed by atoms with Crippen molar-refractivity contribution in [3.05, 3.63) is 12.2 Å². The third-order valence-corrected chi connectivity index (χ3v) is 3.40.